The van der Waals surface area contributed by atoms with E-state index in [4.69, 9.17) is 14.2 Å². The number of ether oxygens (including phenoxy) is 3. The van der Waals surface area contributed by atoms with E-state index in [0.29, 0.717) is 35.6 Å². The molecule has 0 bridgehead atoms. The lowest BCUT2D eigenvalue weighted by Gasteiger charge is -2.32. The molecule has 0 spiro atoms. The molecule has 0 radical (unpaired) electrons. The van der Waals surface area contributed by atoms with Gasteiger partial charge in [-0.25, -0.2) is 14.8 Å². The summed E-state index contributed by atoms with van der Waals surface area (Å²) in [6, 6.07) is 6.20. The third-order valence-electron chi connectivity index (χ3n) is 5.86. The van der Waals surface area contributed by atoms with E-state index < -0.39 is 5.60 Å². The van der Waals surface area contributed by atoms with E-state index in [1.54, 1.807) is 0 Å². The fraction of sp³-hybridized carbons (Fsp3) is 0.583. The molecule has 1 amide bonds. The summed E-state index contributed by atoms with van der Waals surface area (Å²) in [5, 5.41) is 13.2. The van der Waals surface area contributed by atoms with Gasteiger partial charge in [-0.1, -0.05) is 0 Å². The SMILES string of the molecule is CC(C)(C)OC(=O)N[C@H]1CC[C@@H](Oc2cc(N3CCOCC3)cc3ncnc(C#N)c23)CC1. The fourth-order valence-electron chi connectivity index (χ4n) is 4.30. The molecule has 0 unspecified atom stereocenters. The quantitative estimate of drug-likeness (QED) is 0.748. The predicted octanol–water partition coefficient (Wildman–Crippen LogP) is 3.55. The number of carbonyl (C=O) groups excluding carboxylic acids is 1. The van der Waals surface area contributed by atoms with Gasteiger partial charge in [0, 0.05) is 30.9 Å². The molecule has 0 atom stereocenters. The number of carbonyl (C=O) groups is 1. The molecule has 1 saturated carbocycles. The highest BCUT2D eigenvalue weighted by Crippen LogP contribution is 2.35. The van der Waals surface area contributed by atoms with Gasteiger partial charge in [0.25, 0.3) is 0 Å². The first-order chi connectivity index (χ1) is 15.8. The molecule has 1 N–H and O–H groups in total. The number of rotatable bonds is 4. The molecule has 33 heavy (non-hydrogen) atoms. The monoisotopic (exact) mass is 453 g/mol. The number of nitriles is 1. The summed E-state index contributed by atoms with van der Waals surface area (Å²) in [5.74, 6) is 0.634. The normalized spacial score (nSPS) is 21.3. The zero-order valence-electron chi connectivity index (χ0n) is 19.5. The second kappa shape index (κ2) is 9.79. The molecule has 9 nitrogen and oxygen atoms in total. The zero-order chi connectivity index (χ0) is 23.4. The van der Waals surface area contributed by atoms with Gasteiger partial charge in [-0.05, 0) is 52.5 Å². The molecular formula is C24H31N5O4. The van der Waals surface area contributed by atoms with Crippen LogP contribution in [-0.4, -0.2) is 60.1 Å². The van der Waals surface area contributed by atoms with Crippen LogP contribution in [0.3, 0.4) is 0 Å². The summed E-state index contributed by atoms with van der Waals surface area (Å²) in [7, 11) is 0. The summed E-state index contributed by atoms with van der Waals surface area (Å²) in [6.45, 7) is 8.50. The van der Waals surface area contributed by atoms with Crippen LogP contribution in [0, 0.1) is 11.3 Å². The molecule has 2 fully saturated rings. The predicted molar refractivity (Wildman–Crippen MR) is 123 cm³/mol. The van der Waals surface area contributed by atoms with Gasteiger partial charge in [0.1, 0.15) is 23.7 Å². The van der Waals surface area contributed by atoms with Crippen LogP contribution >= 0.6 is 0 Å². The van der Waals surface area contributed by atoms with Crippen LogP contribution in [0.15, 0.2) is 18.5 Å². The first-order valence-corrected chi connectivity index (χ1v) is 11.5. The lowest BCUT2D eigenvalue weighted by atomic mass is 9.93. The molecule has 1 aliphatic carbocycles. The van der Waals surface area contributed by atoms with Gasteiger partial charge in [-0.2, -0.15) is 5.26 Å². The van der Waals surface area contributed by atoms with Crippen LogP contribution < -0.4 is 15.0 Å². The number of aromatic nitrogens is 2. The molecule has 9 heteroatoms. The Kier molecular flexibility index (Phi) is 6.84. The van der Waals surface area contributed by atoms with Gasteiger partial charge in [0.2, 0.25) is 0 Å². The minimum atomic E-state index is -0.516. The summed E-state index contributed by atoms with van der Waals surface area (Å²) in [6.07, 6.45) is 4.20. The van der Waals surface area contributed by atoms with E-state index in [9.17, 15) is 10.1 Å². The maximum Gasteiger partial charge on any atom is 0.407 e. The molecule has 2 aliphatic rings. The summed E-state index contributed by atoms with van der Waals surface area (Å²) in [4.78, 5) is 22.9. The Morgan fingerprint density at radius 2 is 1.91 bits per heavy atom. The van der Waals surface area contributed by atoms with E-state index in [2.05, 4.69) is 26.3 Å². The summed E-state index contributed by atoms with van der Waals surface area (Å²) in [5.41, 5.74) is 1.49. The van der Waals surface area contributed by atoms with Crippen LogP contribution in [-0.2, 0) is 9.47 Å². The topological polar surface area (TPSA) is 110 Å². The fourth-order valence-corrected chi connectivity index (χ4v) is 4.30. The Morgan fingerprint density at radius 3 is 2.58 bits per heavy atom. The number of nitrogens with one attached hydrogen (secondary N) is 1. The van der Waals surface area contributed by atoms with Crippen LogP contribution in [0.1, 0.15) is 52.1 Å². The van der Waals surface area contributed by atoms with E-state index in [-0.39, 0.29) is 18.2 Å². The molecule has 176 valence electrons. The van der Waals surface area contributed by atoms with Crippen molar-refractivity contribution in [2.75, 3.05) is 31.2 Å². The maximum atomic E-state index is 12.1. The second-order valence-electron chi connectivity index (χ2n) is 9.51. The Balaban J connectivity index is 1.49. The number of benzene rings is 1. The zero-order valence-corrected chi connectivity index (χ0v) is 19.5. The molecule has 2 heterocycles. The van der Waals surface area contributed by atoms with Gasteiger partial charge in [-0.3, -0.25) is 0 Å². The van der Waals surface area contributed by atoms with Crippen LogP contribution in [0.25, 0.3) is 10.9 Å². The van der Waals surface area contributed by atoms with Crippen molar-refractivity contribution in [2.24, 2.45) is 0 Å². The first-order valence-electron chi connectivity index (χ1n) is 11.5. The molecule has 1 aromatic heterocycles. The highest BCUT2D eigenvalue weighted by molar-refractivity contribution is 5.92. The third-order valence-corrected chi connectivity index (χ3v) is 5.86. The van der Waals surface area contributed by atoms with Gasteiger partial charge in [-0.15, -0.1) is 0 Å². The van der Waals surface area contributed by atoms with Gasteiger partial charge >= 0.3 is 6.09 Å². The largest absolute Gasteiger partial charge is 0.490 e. The standard InChI is InChI=1S/C24H31N5O4/c1-24(2,3)33-23(30)28-16-4-6-18(7-5-16)32-21-13-17(29-8-10-31-11-9-29)12-19-22(21)20(14-25)27-15-26-19/h12-13,15-16,18H,4-11H2,1-3H3,(H,28,30)/t16-,18+. The van der Waals surface area contributed by atoms with Crippen molar-refractivity contribution in [1.82, 2.24) is 15.3 Å². The van der Waals surface area contributed by atoms with Crippen molar-refractivity contribution in [3.63, 3.8) is 0 Å². The number of morpholine rings is 1. The minimum Gasteiger partial charge on any atom is -0.490 e. The van der Waals surface area contributed by atoms with Gasteiger partial charge < -0.3 is 24.4 Å². The minimum absolute atomic E-state index is 0.0171. The number of hydrogen-bond donors (Lipinski definition) is 1. The van der Waals surface area contributed by atoms with E-state index in [1.807, 2.05) is 32.9 Å². The van der Waals surface area contributed by atoms with Crippen molar-refractivity contribution in [3.8, 4) is 11.8 Å². The molecular weight excluding hydrogens is 422 g/mol. The molecule has 1 aromatic carbocycles. The Labute approximate surface area is 194 Å². The van der Waals surface area contributed by atoms with E-state index in [1.165, 1.54) is 6.33 Å². The lowest BCUT2D eigenvalue weighted by Crippen LogP contribution is -2.42. The van der Waals surface area contributed by atoms with Crippen molar-refractivity contribution in [3.05, 3.63) is 24.2 Å². The third kappa shape index (κ3) is 5.82. The van der Waals surface area contributed by atoms with E-state index >= 15 is 0 Å². The second-order valence-corrected chi connectivity index (χ2v) is 9.51. The van der Waals surface area contributed by atoms with Crippen LogP contribution in [0.5, 0.6) is 5.75 Å². The molecule has 1 aliphatic heterocycles. The van der Waals surface area contributed by atoms with Crippen molar-refractivity contribution in [1.29, 1.82) is 5.26 Å². The van der Waals surface area contributed by atoms with Crippen molar-refractivity contribution < 1.29 is 19.0 Å². The Bertz CT molecular complexity index is 1030. The van der Waals surface area contributed by atoms with Crippen molar-refractivity contribution >= 4 is 22.7 Å². The van der Waals surface area contributed by atoms with Gasteiger partial charge in [0.15, 0.2) is 5.69 Å². The average Bonchev–Trinajstić information content (AvgIpc) is 2.79. The summed E-state index contributed by atoms with van der Waals surface area (Å²) >= 11 is 0. The van der Waals surface area contributed by atoms with Crippen LogP contribution in [0.4, 0.5) is 10.5 Å². The maximum absolute atomic E-state index is 12.1. The molecule has 2 aromatic rings. The Hall–Kier alpha value is -3.12. The van der Waals surface area contributed by atoms with Crippen LogP contribution in [0.2, 0.25) is 0 Å². The summed E-state index contributed by atoms with van der Waals surface area (Å²) < 4.78 is 17.3. The molecule has 1 saturated heterocycles. The lowest BCUT2D eigenvalue weighted by molar-refractivity contribution is 0.0471. The first kappa shape index (κ1) is 23.1. The number of nitrogens with zero attached hydrogens (tertiary/aromatic N) is 4. The number of amides is 1. The highest BCUT2D eigenvalue weighted by Gasteiger charge is 2.27. The number of fused-ring (bicyclic) bond motifs is 1. The Morgan fingerprint density at radius 1 is 1.18 bits per heavy atom. The number of hydrogen-bond acceptors (Lipinski definition) is 8. The van der Waals surface area contributed by atoms with E-state index in [0.717, 1.165) is 44.5 Å². The van der Waals surface area contributed by atoms with Crippen molar-refractivity contribution in [2.45, 2.75) is 64.2 Å². The molecule has 4 rings (SSSR count). The number of alkyl carbamates (subject to hydrolysis) is 1. The average molecular weight is 454 g/mol. The van der Waals surface area contributed by atoms with Gasteiger partial charge in [0.05, 0.1) is 30.2 Å². The number of anilines is 1. The smallest absolute Gasteiger partial charge is 0.407 e. The highest BCUT2D eigenvalue weighted by atomic mass is 16.6.